The number of carbonyl (C=O) groups excluding carboxylic acids is 1. The lowest BCUT2D eigenvalue weighted by molar-refractivity contribution is -0.149. The fraction of sp³-hybridized carbons (Fsp3) is 0.417. The lowest BCUT2D eigenvalue weighted by atomic mass is 10.0. The zero-order chi connectivity index (χ0) is 13.3. The molecule has 0 atom stereocenters. The number of methoxy groups -OCH3 is 1. The molecule has 0 amide bonds. The van der Waals surface area contributed by atoms with Crippen LogP contribution in [0.25, 0.3) is 0 Å². The molecule has 0 bridgehead atoms. The number of carbonyl (C=O) groups is 1. The summed E-state index contributed by atoms with van der Waals surface area (Å²) in [6, 6.07) is 6.67. The van der Waals surface area contributed by atoms with Gasteiger partial charge in [-0.25, -0.2) is 8.42 Å². The maximum atomic E-state index is 12.2. The molecule has 1 heterocycles. The molecule has 18 heavy (non-hydrogen) atoms. The molecule has 98 valence electrons. The summed E-state index contributed by atoms with van der Waals surface area (Å²) < 4.78 is 30.2. The summed E-state index contributed by atoms with van der Waals surface area (Å²) in [5.74, 6) is -0.694. The van der Waals surface area contributed by atoms with Gasteiger partial charge in [0.1, 0.15) is 0 Å². The number of aryl methyl sites for hydroxylation is 1. The number of rotatable bonds is 3. The Morgan fingerprint density at radius 3 is 2.33 bits per heavy atom. The second-order valence-corrected chi connectivity index (χ2v) is 6.29. The first-order valence-corrected chi connectivity index (χ1v) is 7.04. The first kappa shape index (κ1) is 13.0. The lowest BCUT2D eigenvalue weighted by Gasteiger charge is -2.36. The van der Waals surface area contributed by atoms with E-state index in [-0.39, 0.29) is 29.9 Å². The Kier molecular flexibility index (Phi) is 3.41. The van der Waals surface area contributed by atoms with Crippen LogP contribution in [0.2, 0.25) is 0 Å². The minimum atomic E-state index is -3.47. The topological polar surface area (TPSA) is 63.7 Å². The Bertz CT molecular complexity index is 544. The van der Waals surface area contributed by atoms with Crippen LogP contribution in [0.1, 0.15) is 5.56 Å². The monoisotopic (exact) mass is 269 g/mol. The fourth-order valence-electron chi connectivity index (χ4n) is 1.81. The summed E-state index contributed by atoms with van der Waals surface area (Å²) in [6.07, 6.45) is 0. The molecule has 1 aliphatic rings. The van der Waals surface area contributed by atoms with E-state index in [1.54, 1.807) is 24.3 Å². The third-order valence-electron chi connectivity index (χ3n) is 3.04. The highest BCUT2D eigenvalue weighted by atomic mass is 32.2. The van der Waals surface area contributed by atoms with Gasteiger partial charge >= 0.3 is 5.97 Å². The fourth-order valence-corrected chi connectivity index (χ4v) is 3.34. The first-order chi connectivity index (χ1) is 8.45. The summed E-state index contributed by atoms with van der Waals surface area (Å²) >= 11 is 0. The van der Waals surface area contributed by atoms with Crippen molar-refractivity contribution < 1.29 is 17.9 Å². The number of ether oxygens (including phenoxy) is 1. The van der Waals surface area contributed by atoms with Gasteiger partial charge < -0.3 is 4.74 Å². The van der Waals surface area contributed by atoms with Crippen molar-refractivity contribution in [3.63, 3.8) is 0 Å². The van der Waals surface area contributed by atoms with Gasteiger partial charge in [-0.05, 0) is 19.1 Å². The van der Waals surface area contributed by atoms with Crippen LogP contribution < -0.4 is 0 Å². The molecule has 0 N–H and O–H groups in total. The standard InChI is InChI=1S/C12H15NO4S/c1-9-3-5-11(6-4-9)18(15,16)13-7-10(8-13)12(14)17-2/h3-6,10H,7-8H2,1-2H3. The molecule has 0 aromatic heterocycles. The van der Waals surface area contributed by atoms with Crippen molar-refractivity contribution in [2.75, 3.05) is 20.2 Å². The molecule has 0 unspecified atom stereocenters. The minimum Gasteiger partial charge on any atom is -0.469 e. The summed E-state index contributed by atoms with van der Waals surface area (Å²) in [5.41, 5.74) is 1.00. The second kappa shape index (κ2) is 4.70. The normalized spacial score (nSPS) is 17.2. The van der Waals surface area contributed by atoms with E-state index in [9.17, 15) is 13.2 Å². The van der Waals surface area contributed by atoms with Gasteiger partial charge in [-0.1, -0.05) is 17.7 Å². The van der Waals surface area contributed by atoms with Crippen molar-refractivity contribution in [3.8, 4) is 0 Å². The number of hydrogen-bond donors (Lipinski definition) is 0. The van der Waals surface area contributed by atoms with Crippen molar-refractivity contribution in [1.82, 2.24) is 4.31 Å². The van der Waals surface area contributed by atoms with E-state index in [1.807, 2.05) is 6.92 Å². The van der Waals surface area contributed by atoms with Crippen LogP contribution in [-0.4, -0.2) is 38.9 Å². The molecule has 0 spiro atoms. The Labute approximate surface area is 106 Å². The third kappa shape index (κ3) is 2.26. The van der Waals surface area contributed by atoms with Crippen molar-refractivity contribution in [2.45, 2.75) is 11.8 Å². The van der Waals surface area contributed by atoms with Gasteiger partial charge in [0.25, 0.3) is 0 Å². The molecule has 1 saturated heterocycles. The zero-order valence-corrected chi connectivity index (χ0v) is 11.1. The Morgan fingerprint density at radius 2 is 1.83 bits per heavy atom. The highest BCUT2D eigenvalue weighted by Crippen LogP contribution is 2.25. The number of nitrogens with zero attached hydrogens (tertiary/aromatic N) is 1. The van der Waals surface area contributed by atoms with E-state index in [4.69, 9.17) is 0 Å². The summed E-state index contributed by atoms with van der Waals surface area (Å²) in [7, 11) is -2.16. The van der Waals surface area contributed by atoms with E-state index in [0.717, 1.165) is 5.56 Å². The smallest absolute Gasteiger partial charge is 0.311 e. The summed E-state index contributed by atoms with van der Waals surface area (Å²) in [5, 5.41) is 0. The molecule has 1 aromatic rings. The largest absolute Gasteiger partial charge is 0.469 e. The number of esters is 1. The highest BCUT2D eigenvalue weighted by molar-refractivity contribution is 7.89. The van der Waals surface area contributed by atoms with Crippen LogP contribution >= 0.6 is 0 Å². The van der Waals surface area contributed by atoms with Gasteiger partial charge in [-0.3, -0.25) is 4.79 Å². The molecule has 1 aliphatic heterocycles. The van der Waals surface area contributed by atoms with Gasteiger partial charge in [0.2, 0.25) is 10.0 Å². The molecule has 0 radical (unpaired) electrons. The minimum absolute atomic E-state index is 0.197. The molecular formula is C12H15NO4S. The molecule has 1 fully saturated rings. The van der Waals surface area contributed by atoms with E-state index >= 15 is 0 Å². The van der Waals surface area contributed by atoms with Crippen molar-refractivity contribution in [1.29, 1.82) is 0 Å². The molecule has 0 saturated carbocycles. The van der Waals surface area contributed by atoms with Crippen LogP contribution in [-0.2, 0) is 19.6 Å². The third-order valence-corrected chi connectivity index (χ3v) is 4.89. The quantitative estimate of drug-likeness (QED) is 0.761. The Morgan fingerprint density at radius 1 is 1.28 bits per heavy atom. The van der Waals surface area contributed by atoms with Gasteiger partial charge in [-0.15, -0.1) is 0 Å². The second-order valence-electron chi connectivity index (χ2n) is 4.36. The summed E-state index contributed by atoms with van der Waals surface area (Å²) in [4.78, 5) is 11.5. The van der Waals surface area contributed by atoms with Crippen LogP contribution in [0.4, 0.5) is 0 Å². The van der Waals surface area contributed by atoms with Gasteiger partial charge in [0.05, 0.1) is 17.9 Å². The van der Waals surface area contributed by atoms with Crippen molar-refractivity contribution in [2.24, 2.45) is 5.92 Å². The van der Waals surface area contributed by atoms with Crippen molar-refractivity contribution in [3.05, 3.63) is 29.8 Å². The van der Waals surface area contributed by atoms with Crippen LogP contribution in [0.15, 0.2) is 29.2 Å². The molecule has 6 heteroatoms. The molecule has 5 nitrogen and oxygen atoms in total. The lowest BCUT2D eigenvalue weighted by Crippen LogP contribution is -2.53. The maximum Gasteiger partial charge on any atom is 0.311 e. The predicted molar refractivity (Wildman–Crippen MR) is 65.4 cm³/mol. The molecule has 2 rings (SSSR count). The predicted octanol–water partition coefficient (Wildman–Crippen LogP) is 0.789. The SMILES string of the molecule is COC(=O)C1CN(S(=O)(=O)c2ccc(C)cc2)C1. The van der Waals surface area contributed by atoms with E-state index in [1.165, 1.54) is 11.4 Å². The summed E-state index contributed by atoms with van der Waals surface area (Å²) in [6.45, 7) is 2.29. The van der Waals surface area contributed by atoms with E-state index in [2.05, 4.69) is 4.74 Å². The molecule has 1 aromatic carbocycles. The van der Waals surface area contributed by atoms with E-state index < -0.39 is 10.0 Å². The van der Waals surface area contributed by atoms with Gasteiger partial charge in [0.15, 0.2) is 0 Å². The van der Waals surface area contributed by atoms with Crippen LogP contribution in [0.5, 0.6) is 0 Å². The molecule has 0 aliphatic carbocycles. The average Bonchev–Trinajstić information content (AvgIpc) is 2.27. The number of sulfonamides is 1. The average molecular weight is 269 g/mol. The van der Waals surface area contributed by atoms with Crippen LogP contribution in [0.3, 0.4) is 0 Å². The number of benzene rings is 1. The maximum absolute atomic E-state index is 12.2. The zero-order valence-electron chi connectivity index (χ0n) is 10.3. The van der Waals surface area contributed by atoms with Crippen molar-refractivity contribution >= 4 is 16.0 Å². The Hall–Kier alpha value is -1.40. The van der Waals surface area contributed by atoms with Crippen LogP contribution in [0, 0.1) is 12.8 Å². The molecular weight excluding hydrogens is 254 g/mol. The first-order valence-electron chi connectivity index (χ1n) is 5.60. The van der Waals surface area contributed by atoms with Gasteiger partial charge in [-0.2, -0.15) is 4.31 Å². The van der Waals surface area contributed by atoms with Gasteiger partial charge in [0, 0.05) is 13.1 Å². The highest BCUT2D eigenvalue weighted by Gasteiger charge is 2.40. The number of hydrogen-bond acceptors (Lipinski definition) is 4. The van der Waals surface area contributed by atoms with E-state index in [0.29, 0.717) is 0 Å². The Balaban J connectivity index is 2.10.